The summed E-state index contributed by atoms with van der Waals surface area (Å²) in [6, 6.07) is 20.1. The fourth-order valence-electron chi connectivity index (χ4n) is 3.80. The van der Waals surface area contributed by atoms with Gasteiger partial charge in [0.05, 0.1) is 11.3 Å². The molecule has 0 aromatic heterocycles. The quantitative estimate of drug-likeness (QED) is 0.805. The molecule has 2 aromatic carbocycles. The van der Waals surface area contributed by atoms with Crippen LogP contribution in [-0.2, 0) is 14.8 Å². The molecule has 154 valence electrons. The summed E-state index contributed by atoms with van der Waals surface area (Å²) in [6.07, 6.45) is 4.84. The maximum absolute atomic E-state index is 13.0. The summed E-state index contributed by atoms with van der Waals surface area (Å²) in [5.41, 5.74) is 2.72. The molecular formula is C23H23N3O3S. The van der Waals surface area contributed by atoms with Crippen molar-refractivity contribution < 1.29 is 13.2 Å². The normalized spacial score (nSPS) is 18.3. The molecule has 1 unspecified atom stereocenters. The van der Waals surface area contributed by atoms with Crippen molar-refractivity contribution in [3.63, 3.8) is 0 Å². The van der Waals surface area contributed by atoms with Gasteiger partial charge in [0, 0.05) is 24.7 Å². The summed E-state index contributed by atoms with van der Waals surface area (Å²) in [5, 5.41) is 3.12. The Bertz CT molecular complexity index is 1080. The Balaban J connectivity index is 1.55. The Morgan fingerprint density at radius 1 is 1.00 bits per heavy atom. The molecule has 30 heavy (non-hydrogen) atoms. The van der Waals surface area contributed by atoms with Gasteiger partial charge in [0.2, 0.25) is 0 Å². The fourth-order valence-corrected chi connectivity index (χ4v) is 4.77. The number of benzene rings is 2. The largest absolute Gasteiger partial charge is 0.349 e. The predicted octanol–water partition coefficient (Wildman–Crippen LogP) is 2.82. The zero-order valence-electron chi connectivity index (χ0n) is 16.6. The van der Waals surface area contributed by atoms with Crippen LogP contribution in [0.5, 0.6) is 0 Å². The molecule has 0 spiro atoms. The summed E-state index contributed by atoms with van der Waals surface area (Å²) in [7, 11) is -3.42. The number of rotatable bonds is 5. The minimum atomic E-state index is -3.42. The van der Waals surface area contributed by atoms with Crippen molar-refractivity contribution >= 4 is 21.8 Å². The predicted molar refractivity (Wildman–Crippen MR) is 117 cm³/mol. The third-order valence-corrected chi connectivity index (χ3v) is 6.43. The van der Waals surface area contributed by atoms with Crippen molar-refractivity contribution in [2.45, 2.75) is 18.9 Å². The van der Waals surface area contributed by atoms with Gasteiger partial charge >= 0.3 is 0 Å². The highest BCUT2D eigenvalue weighted by molar-refractivity contribution is 7.90. The number of nitrogens with one attached hydrogen (secondary N) is 1. The summed E-state index contributed by atoms with van der Waals surface area (Å²) in [5.74, 6) is 0.0816. The lowest BCUT2D eigenvalue weighted by molar-refractivity contribution is -0.117. The first kappa shape index (κ1) is 20.1. The van der Waals surface area contributed by atoms with Gasteiger partial charge in [-0.05, 0) is 30.2 Å². The van der Waals surface area contributed by atoms with E-state index in [1.54, 1.807) is 23.3 Å². The summed E-state index contributed by atoms with van der Waals surface area (Å²) >= 11 is 0. The van der Waals surface area contributed by atoms with Gasteiger partial charge in [-0.1, -0.05) is 60.7 Å². The van der Waals surface area contributed by atoms with Crippen molar-refractivity contribution in [1.29, 1.82) is 0 Å². The number of sulfonamides is 1. The van der Waals surface area contributed by atoms with E-state index in [9.17, 15) is 13.2 Å². The first-order chi connectivity index (χ1) is 14.4. The van der Waals surface area contributed by atoms with Crippen molar-refractivity contribution in [3.8, 4) is 0 Å². The van der Waals surface area contributed by atoms with Crippen molar-refractivity contribution in [2.24, 2.45) is 4.40 Å². The minimum Gasteiger partial charge on any atom is -0.349 e. The SMILES string of the molecule is CC(NC(=O)C1=CN2CCS(=O)(=O)N=C2C=C1)C(c1ccccc1)c1ccccc1. The summed E-state index contributed by atoms with van der Waals surface area (Å²) in [4.78, 5) is 14.7. The second kappa shape index (κ2) is 8.28. The molecule has 2 heterocycles. The average molecular weight is 422 g/mol. The van der Waals surface area contributed by atoms with Crippen LogP contribution in [0.2, 0.25) is 0 Å². The molecule has 6 nitrogen and oxygen atoms in total. The van der Waals surface area contributed by atoms with Crippen molar-refractivity contribution in [3.05, 3.63) is 95.7 Å². The molecule has 0 bridgehead atoms. The van der Waals surface area contributed by atoms with E-state index in [4.69, 9.17) is 0 Å². The Hall–Kier alpha value is -3.19. The van der Waals surface area contributed by atoms with Gasteiger partial charge in [0.25, 0.3) is 15.9 Å². The van der Waals surface area contributed by atoms with Crippen LogP contribution in [-0.4, -0.2) is 43.4 Å². The molecule has 2 aliphatic rings. The number of hydrogen-bond acceptors (Lipinski definition) is 4. The molecule has 2 aliphatic heterocycles. The van der Waals surface area contributed by atoms with E-state index >= 15 is 0 Å². The van der Waals surface area contributed by atoms with Crippen LogP contribution in [0.3, 0.4) is 0 Å². The van der Waals surface area contributed by atoms with Crippen LogP contribution in [0.15, 0.2) is 89.0 Å². The molecule has 7 heteroatoms. The molecule has 0 radical (unpaired) electrons. The van der Waals surface area contributed by atoms with Crippen LogP contribution in [0.1, 0.15) is 24.0 Å². The Labute approximate surface area is 176 Å². The maximum Gasteiger partial charge on any atom is 0.256 e. The molecule has 4 rings (SSSR count). The maximum atomic E-state index is 13.0. The van der Waals surface area contributed by atoms with E-state index in [0.29, 0.717) is 11.4 Å². The molecule has 1 atom stereocenters. The number of nitrogens with zero attached hydrogens (tertiary/aromatic N) is 2. The third-order valence-electron chi connectivity index (χ3n) is 5.26. The number of carbonyl (C=O) groups is 1. The van der Waals surface area contributed by atoms with Gasteiger partial charge in [0.1, 0.15) is 5.84 Å². The lowest BCUT2D eigenvalue weighted by Crippen LogP contribution is -2.41. The number of carbonyl (C=O) groups excluding carboxylic acids is 1. The van der Waals surface area contributed by atoms with E-state index in [-0.39, 0.29) is 30.2 Å². The number of hydrogen-bond donors (Lipinski definition) is 1. The lowest BCUT2D eigenvalue weighted by Gasteiger charge is -2.29. The van der Waals surface area contributed by atoms with Crippen LogP contribution < -0.4 is 5.32 Å². The molecule has 0 fully saturated rings. The van der Waals surface area contributed by atoms with Crippen LogP contribution >= 0.6 is 0 Å². The smallest absolute Gasteiger partial charge is 0.256 e. The van der Waals surface area contributed by atoms with Crippen molar-refractivity contribution in [2.75, 3.05) is 12.3 Å². The Morgan fingerprint density at radius 3 is 2.20 bits per heavy atom. The molecule has 0 aliphatic carbocycles. The van der Waals surface area contributed by atoms with Crippen LogP contribution in [0, 0.1) is 0 Å². The first-order valence-corrected chi connectivity index (χ1v) is 11.4. The Kier molecular flexibility index (Phi) is 5.55. The molecule has 1 N–H and O–H groups in total. The number of amides is 1. The highest BCUT2D eigenvalue weighted by atomic mass is 32.2. The third kappa shape index (κ3) is 4.36. The molecule has 2 aromatic rings. The highest BCUT2D eigenvalue weighted by Gasteiger charge is 2.27. The zero-order chi connectivity index (χ0) is 21.1. The Morgan fingerprint density at radius 2 is 1.60 bits per heavy atom. The molecule has 0 saturated heterocycles. The number of fused-ring (bicyclic) bond motifs is 1. The van der Waals surface area contributed by atoms with E-state index in [2.05, 4.69) is 34.0 Å². The zero-order valence-corrected chi connectivity index (χ0v) is 17.4. The van der Waals surface area contributed by atoms with E-state index in [0.717, 1.165) is 11.1 Å². The van der Waals surface area contributed by atoms with Gasteiger partial charge in [-0.15, -0.1) is 4.40 Å². The monoisotopic (exact) mass is 421 g/mol. The second-order valence-electron chi connectivity index (χ2n) is 7.41. The number of amidine groups is 1. The lowest BCUT2D eigenvalue weighted by atomic mass is 9.85. The van der Waals surface area contributed by atoms with Gasteiger partial charge in [-0.3, -0.25) is 4.79 Å². The van der Waals surface area contributed by atoms with Gasteiger partial charge in [-0.25, -0.2) is 8.42 Å². The highest BCUT2D eigenvalue weighted by Crippen LogP contribution is 2.28. The van der Waals surface area contributed by atoms with Crippen LogP contribution in [0.25, 0.3) is 0 Å². The topological polar surface area (TPSA) is 78.8 Å². The second-order valence-corrected chi connectivity index (χ2v) is 9.16. The van der Waals surface area contributed by atoms with Gasteiger partial charge in [-0.2, -0.15) is 0 Å². The first-order valence-electron chi connectivity index (χ1n) is 9.83. The molecule has 1 amide bonds. The molecular weight excluding hydrogens is 398 g/mol. The van der Waals surface area contributed by atoms with E-state index in [1.807, 2.05) is 43.3 Å². The fraction of sp³-hybridized carbons (Fsp3) is 0.217. The van der Waals surface area contributed by atoms with E-state index in [1.165, 1.54) is 0 Å². The van der Waals surface area contributed by atoms with Gasteiger partial charge in [0.15, 0.2) is 0 Å². The minimum absolute atomic E-state index is 0.00164. The summed E-state index contributed by atoms with van der Waals surface area (Å²) < 4.78 is 27.1. The van der Waals surface area contributed by atoms with Crippen molar-refractivity contribution in [1.82, 2.24) is 10.2 Å². The van der Waals surface area contributed by atoms with Crippen LogP contribution in [0.4, 0.5) is 0 Å². The summed E-state index contributed by atoms with van der Waals surface area (Å²) in [6.45, 7) is 2.28. The van der Waals surface area contributed by atoms with Gasteiger partial charge < -0.3 is 10.2 Å². The molecule has 0 saturated carbocycles. The van der Waals surface area contributed by atoms with E-state index < -0.39 is 10.0 Å². The average Bonchev–Trinajstić information content (AvgIpc) is 2.74. The standard InChI is InChI=1S/C23H23N3O3S/c1-17(22(18-8-4-2-5-9-18)19-10-6-3-7-11-19)24-23(27)20-12-13-21-25-30(28,29)15-14-26(21)16-20/h2-13,16-17,22H,14-15H2,1H3,(H,24,27).